The smallest absolute Gasteiger partial charge is 0.319 e. The Labute approximate surface area is 119 Å². The molecule has 0 bridgehead atoms. The molecule has 5 heteroatoms. The molecule has 0 aliphatic carbocycles. The van der Waals surface area contributed by atoms with Crippen molar-refractivity contribution in [2.24, 2.45) is 0 Å². The Kier molecular flexibility index (Phi) is 6.97. The van der Waals surface area contributed by atoms with Gasteiger partial charge in [-0.05, 0) is 31.9 Å². The molecule has 0 aromatic heterocycles. The van der Waals surface area contributed by atoms with E-state index in [1.807, 2.05) is 26.0 Å². The number of ether oxygens (including phenoxy) is 1. The van der Waals surface area contributed by atoms with Crippen LogP contribution in [-0.2, 0) is 0 Å². The molecule has 0 fully saturated rings. The van der Waals surface area contributed by atoms with Crippen LogP contribution in [-0.4, -0.2) is 18.7 Å². The van der Waals surface area contributed by atoms with Crippen molar-refractivity contribution in [1.82, 2.24) is 5.32 Å². The molecule has 1 rings (SSSR count). The Hall–Kier alpha value is -2.22. The van der Waals surface area contributed by atoms with Crippen LogP contribution in [0.5, 0.6) is 5.75 Å². The summed E-state index contributed by atoms with van der Waals surface area (Å²) in [6, 6.07) is 9.20. The van der Waals surface area contributed by atoms with Crippen LogP contribution in [0.15, 0.2) is 24.3 Å². The van der Waals surface area contributed by atoms with E-state index in [1.54, 1.807) is 12.1 Å². The van der Waals surface area contributed by atoms with Crippen molar-refractivity contribution in [2.45, 2.75) is 39.2 Å². The number of hydrogen-bond acceptors (Lipinski definition) is 3. The lowest BCUT2D eigenvalue weighted by molar-refractivity contribution is 0.249. The number of carbonyl (C=O) groups excluding carboxylic acids is 1. The maximum atomic E-state index is 11.7. The van der Waals surface area contributed by atoms with Crippen LogP contribution in [0.2, 0.25) is 0 Å². The van der Waals surface area contributed by atoms with E-state index in [-0.39, 0.29) is 12.1 Å². The average molecular weight is 275 g/mol. The Morgan fingerprint density at radius 1 is 1.50 bits per heavy atom. The summed E-state index contributed by atoms with van der Waals surface area (Å²) in [7, 11) is 0. The van der Waals surface area contributed by atoms with Crippen LogP contribution in [0.25, 0.3) is 0 Å². The van der Waals surface area contributed by atoms with Crippen LogP contribution >= 0.6 is 0 Å². The summed E-state index contributed by atoms with van der Waals surface area (Å²) >= 11 is 0. The number of benzene rings is 1. The van der Waals surface area contributed by atoms with E-state index in [4.69, 9.17) is 10.00 Å². The number of anilines is 1. The molecule has 0 saturated heterocycles. The first kappa shape index (κ1) is 15.8. The maximum Gasteiger partial charge on any atom is 0.319 e. The van der Waals surface area contributed by atoms with Crippen molar-refractivity contribution in [1.29, 1.82) is 5.26 Å². The molecule has 2 N–H and O–H groups in total. The SMILES string of the molecule is CC[C@H](C)NC(=O)Nc1cccc(OCCCC#N)c1. The minimum Gasteiger partial charge on any atom is -0.493 e. The number of urea groups is 1. The summed E-state index contributed by atoms with van der Waals surface area (Å²) < 4.78 is 5.51. The fourth-order valence-electron chi connectivity index (χ4n) is 1.50. The second-order valence-corrected chi connectivity index (χ2v) is 4.55. The highest BCUT2D eigenvalue weighted by molar-refractivity contribution is 5.89. The van der Waals surface area contributed by atoms with E-state index < -0.39 is 0 Å². The largest absolute Gasteiger partial charge is 0.493 e. The fraction of sp³-hybridized carbons (Fsp3) is 0.467. The lowest BCUT2D eigenvalue weighted by Crippen LogP contribution is -2.35. The van der Waals surface area contributed by atoms with Gasteiger partial charge in [0.25, 0.3) is 0 Å². The van der Waals surface area contributed by atoms with E-state index in [1.165, 1.54) is 0 Å². The van der Waals surface area contributed by atoms with E-state index >= 15 is 0 Å². The first-order valence-corrected chi connectivity index (χ1v) is 6.83. The van der Waals surface area contributed by atoms with Gasteiger partial charge in [-0.2, -0.15) is 5.26 Å². The standard InChI is InChI=1S/C15H21N3O2/c1-3-12(2)17-15(19)18-13-7-6-8-14(11-13)20-10-5-4-9-16/h6-8,11-12H,3-5,10H2,1-2H3,(H2,17,18,19)/t12-/m0/s1. The number of nitrogens with zero attached hydrogens (tertiary/aromatic N) is 1. The van der Waals surface area contributed by atoms with E-state index in [0.29, 0.717) is 30.9 Å². The number of carbonyl (C=O) groups is 1. The topological polar surface area (TPSA) is 74.2 Å². The molecule has 0 aliphatic rings. The summed E-state index contributed by atoms with van der Waals surface area (Å²) in [6.45, 7) is 4.46. The minimum absolute atomic E-state index is 0.139. The van der Waals surface area contributed by atoms with Gasteiger partial charge in [-0.3, -0.25) is 0 Å². The molecule has 0 unspecified atom stereocenters. The van der Waals surface area contributed by atoms with E-state index in [9.17, 15) is 4.79 Å². The van der Waals surface area contributed by atoms with Crippen molar-refractivity contribution >= 4 is 11.7 Å². The lowest BCUT2D eigenvalue weighted by Gasteiger charge is -2.13. The Bertz CT molecular complexity index is 468. The van der Waals surface area contributed by atoms with E-state index in [0.717, 1.165) is 6.42 Å². The van der Waals surface area contributed by atoms with Gasteiger partial charge in [0, 0.05) is 24.2 Å². The average Bonchev–Trinajstić information content (AvgIpc) is 2.43. The third-order valence-corrected chi connectivity index (χ3v) is 2.78. The lowest BCUT2D eigenvalue weighted by atomic mass is 10.2. The van der Waals surface area contributed by atoms with Gasteiger partial charge in [0.2, 0.25) is 0 Å². The van der Waals surface area contributed by atoms with Crippen LogP contribution in [0.4, 0.5) is 10.5 Å². The highest BCUT2D eigenvalue weighted by Crippen LogP contribution is 2.17. The van der Waals surface area contributed by atoms with Crippen LogP contribution in [0.1, 0.15) is 33.1 Å². The summed E-state index contributed by atoms with van der Waals surface area (Å²) in [4.78, 5) is 11.7. The summed E-state index contributed by atoms with van der Waals surface area (Å²) in [5.41, 5.74) is 0.684. The van der Waals surface area contributed by atoms with Crippen LogP contribution in [0, 0.1) is 11.3 Å². The van der Waals surface area contributed by atoms with Gasteiger partial charge in [0.15, 0.2) is 0 Å². The molecule has 0 heterocycles. The fourth-order valence-corrected chi connectivity index (χ4v) is 1.50. The summed E-state index contributed by atoms with van der Waals surface area (Å²) in [5, 5.41) is 14.0. The number of hydrogen-bond donors (Lipinski definition) is 2. The van der Waals surface area contributed by atoms with Gasteiger partial charge in [-0.1, -0.05) is 13.0 Å². The Morgan fingerprint density at radius 2 is 2.30 bits per heavy atom. The van der Waals surface area contributed by atoms with Gasteiger partial charge in [0.1, 0.15) is 5.75 Å². The molecule has 0 aliphatic heterocycles. The van der Waals surface area contributed by atoms with Gasteiger partial charge in [0.05, 0.1) is 12.7 Å². The van der Waals surface area contributed by atoms with Crippen LogP contribution < -0.4 is 15.4 Å². The van der Waals surface area contributed by atoms with Crippen molar-refractivity contribution in [3.63, 3.8) is 0 Å². The molecule has 1 aromatic rings. The Balaban J connectivity index is 2.47. The third-order valence-electron chi connectivity index (χ3n) is 2.78. The number of amides is 2. The molecule has 0 spiro atoms. The zero-order valence-electron chi connectivity index (χ0n) is 12.0. The zero-order chi connectivity index (χ0) is 14.8. The highest BCUT2D eigenvalue weighted by atomic mass is 16.5. The van der Waals surface area contributed by atoms with E-state index in [2.05, 4.69) is 16.7 Å². The minimum atomic E-state index is -0.221. The zero-order valence-corrected chi connectivity index (χ0v) is 12.0. The van der Waals surface area contributed by atoms with Gasteiger partial charge in [-0.25, -0.2) is 4.79 Å². The molecule has 20 heavy (non-hydrogen) atoms. The first-order valence-electron chi connectivity index (χ1n) is 6.83. The second kappa shape index (κ2) is 8.81. The molecule has 0 saturated carbocycles. The predicted molar refractivity (Wildman–Crippen MR) is 78.7 cm³/mol. The van der Waals surface area contributed by atoms with Crippen molar-refractivity contribution in [3.05, 3.63) is 24.3 Å². The molecular weight excluding hydrogens is 254 g/mol. The number of nitrogens with one attached hydrogen (secondary N) is 2. The van der Waals surface area contributed by atoms with Gasteiger partial charge in [-0.15, -0.1) is 0 Å². The number of unbranched alkanes of at least 4 members (excludes halogenated alkanes) is 1. The molecule has 2 amide bonds. The van der Waals surface area contributed by atoms with Crippen molar-refractivity contribution in [2.75, 3.05) is 11.9 Å². The van der Waals surface area contributed by atoms with Crippen molar-refractivity contribution in [3.8, 4) is 11.8 Å². The normalized spacial score (nSPS) is 11.2. The predicted octanol–water partition coefficient (Wildman–Crippen LogP) is 3.29. The molecular formula is C15H21N3O2. The third kappa shape index (κ3) is 6.10. The summed E-state index contributed by atoms with van der Waals surface area (Å²) in [6.07, 6.45) is 2.06. The van der Waals surface area contributed by atoms with Crippen LogP contribution in [0.3, 0.4) is 0 Å². The maximum absolute atomic E-state index is 11.7. The Morgan fingerprint density at radius 3 is 3.00 bits per heavy atom. The van der Waals surface area contributed by atoms with Gasteiger partial charge < -0.3 is 15.4 Å². The van der Waals surface area contributed by atoms with Gasteiger partial charge >= 0.3 is 6.03 Å². The quantitative estimate of drug-likeness (QED) is 0.750. The highest BCUT2D eigenvalue weighted by Gasteiger charge is 2.05. The molecule has 5 nitrogen and oxygen atoms in total. The number of nitriles is 1. The molecule has 0 radical (unpaired) electrons. The number of rotatable bonds is 7. The molecule has 108 valence electrons. The molecule has 1 atom stereocenters. The second-order valence-electron chi connectivity index (χ2n) is 4.55. The summed E-state index contributed by atoms with van der Waals surface area (Å²) in [5.74, 6) is 0.685. The monoisotopic (exact) mass is 275 g/mol. The van der Waals surface area contributed by atoms with Crippen molar-refractivity contribution < 1.29 is 9.53 Å². The first-order chi connectivity index (χ1) is 9.65. The molecule has 1 aromatic carbocycles.